The molecule has 2 aromatic rings. The first kappa shape index (κ1) is 19.5. The van der Waals surface area contributed by atoms with E-state index in [2.05, 4.69) is 5.32 Å². The summed E-state index contributed by atoms with van der Waals surface area (Å²) in [6.45, 7) is 4.42. The van der Waals surface area contributed by atoms with Crippen molar-refractivity contribution in [2.75, 3.05) is 6.61 Å². The van der Waals surface area contributed by atoms with Crippen molar-refractivity contribution in [1.82, 2.24) is 5.32 Å². The van der Waals surface area contributed by atoms with Gasteiger partial charge >= 0.3 is 5.97 Å². The average molecular weight is 355 g/mol. The molecule has 138 valence electrons. The monoisotopic (exact) mass is 355 g/mol. The number of carboxylic acids is 1. The molecule has 26 heavy (non-hydrogen) atoms. The van der Waals surface area contributed by atoms with Crippen LogP contribution >= 0.6 is 0 Å². The maximum absolute atomic E-state index is 12.0. The molecular weight excluding hydrogens is 330 g/mol. The Hall–Kier alpha value is -2.82. The van der Waals surface area contributed by atoms with Crippen molar-refractivity contribution in [2.24, 2.45) is 0 Å². The Bertz CT molecular complexity index is 743. The summed E-state index contributed by atoms with van der Waals surface area (Å²) < 4.78 is 5.69. The molecule has 0 fully saturated rings. The average Bonchev–Trinajstić information content (AvgIpc) is 2.60. The van der Waals surface area contributed by atoms with E-state index < -0.39 is 12.0 Å². The molecule has 5 heteroatoms. The maximum Gasteiger partial charge on any atom is 0.326 e. The van der Waals surface area contributed by atoms with Gasteiger partial charge in [0.1, 0.15) is 11.8 Å². The van der Waals surface area contributed by atoms with E-state index in [1.54, 1.807) is 0 Å². The smallest absolute Gasteiger partial charge is 0.326 e. The number of carboxylic acid groups (broad SMARTS) is 1. The summed E-state index contributed by atoms with van der Waals surface area (Å²) in [7, 11) is 0. The van der Waals surface area contributed by atoms with E-state index in [-0.39, 0.29) is 18.7 Å². The number of hydrogen-bond donors (Lipinski definition) is 2. The number of carbonyl (C=O) groups excluding carboxylic acids is 1. The molecule has 0 spiro atoms. The van der Waals surface area contributed by atoms with Gasteiger partial charge in [0.05, 0.1) is 6.61 Å². The topological polar surface area (TPSA) is 75.6 Å². The van der Waals surface area contributed by atoms with E-state index in [0.29, 0.717) is 13.0 Å². The minimum atomic E-state index is -1.03. The number of aliphatic carboxylic acids is 1. The Kier molecular flexibility index (Phi) is 7.21. The van der Waals surface area contributed by atoms with Gasteiger partial charge in [0.25, 0.3) is 0 Å². The summed E-state index contributed by atoms with van der Waals surface area (Å²) in [5.74, 6) is -0.505. The molecule has 2 N–H and O–H groups in total. The third kappa shape index (κ3) is 6.24. The highest BCUT2D eigenvalue weighted by Gasteiger charge is 2.20. The van der Waals surface area contributed by atoms with Gasteiger partial charge in [-0.05, 0) is 37.5 Å². The Morgan fingerprint density at radius 1 is 1.12 bits per heavy atom. The molecule has 0 aliphatic carbocycles. The van der Waals surface area contributed by atoms with Gasteiger partial charge in [-0.3, -0.25) is 4.79 Å². The molecule has 0 aromatic heterocycles. The molecule has 1 atom stereocenters. The molecule has 0 aliphatic rings. The van der Waals surface area contributed by atoms with E-state index in [4.69, 9.17) is 4.74 Å². The van der Waals surface area contributed by atoms with Crippen LogP contribution in [-0.4, -0.2) is 29.6 Å². The van der Waals surface area contributed by atoms with Gasteiger partial charge in [0, 0.05) is 12.8 Å². The zero-order chi connectivity index (χ0) is 18.9. The number of aryl methyl sites for hydroxylation is 2. The van der Waals surface area contributed by atoms with Crippen LogP contribution in [0.4, 0.5) is 0 Å². The highest BCUT2D eigenvalue weighted by atomic mass is 16.5. The first-order chi connectivity index (χ1) is 12.5. The Labute approximate surface area is 154 Å². The zero-order valence-electron chi connectivity index (χ0n) is 15.2. The van der Waals surface area contributed by atoms with Gasteiger partial charge in [-0.1, -0.05) is 48.0 Å². The van der Waals surface area contributed by atoms with Crippen LogP contribution in [0.1, 0.15) is 29.5 Å². The van der Waals surface area contributed by atoms with Gasteiger partial charge in [-0.2, -0.15) is 0 Å². The lowest BCUT2D eigenvalue weighted by molar-refractivity contribution is -0.141. The highest BCUT2D eigenvalue weighted by Crippen LogP contribution is 2.18. The minimum absolute atomic E-state index is 0.226. The van der Waals surface area contributed by atoms with Crippen LogP contribution in [0, 0.1) is 13.8 Å². The number of hydrogen-bond acceptors (Lipinski definition) is 3. The van der Waals surface area contributed by atoms with Crippen LogP contribution < -0.4 is 10.1 Å². The number of rotatable bonds is 9. The van der Waals surface area contributed by atoms with Crippen molar-refractivity contribution in [3.05, 3.63) is 65.2 Å². The lowest BCUT2D eigenvalue weighted by atomic mass is 10.1. The second kappa shape index (κ2) is 9.61. The summed E-state index contributed by atoms with van der Waals surface area (Å²) in [5.41, 5.74) is 3.11. The van der Waals surface area contributed by atoms with Crippen LogP contribution in [0.25, 0.3) is 0 Å². The van der Waals surface area contributed by atoms with Crippen LogP contribution in [-0.2, 0) is 16.0 Å². The number of benzene rings is 2. The van der Waals surface area contributed by atoms with Crippen molar-refractivity contribution < 1.29 is 19.4 Å². The number of amides is 1. The molecular formula is C21H25NO4. The molecule has 5 nitrogen and oxygen atoms in total. The zero-order valence-corrected chi connectivity index (χ0v) is 15.2. The van der Waals surface area contributed by atoms with E-state index >= 15 is 0 Å². The van der Waals surface area contributed by atoms with Crippen LogP contribution in [0.5, 0.6) is 5.75 Å². The third-order valence-corrected chi connectivity index (χ3v) is 4.05. The van der Waals surface area contributed by atoms with E-state index in [1.165, 1.54) is 5.56 Å². The molecule has 1 amide bonds. The summed E-state index contributed by atoms with van der Waals surface area (Å²) >= 11 is 0. The molecule has 0 saturated heterocycles. The first-order valence-corrected chi connectivity index (χ1v) is 8.72. The number of nitrogens with one attached hydrogen (secondary N) is 1. The fourth-order valence-electron chi connectivity index (χ4n) is 2.69. The standard InChI is InChI=1S/C21H25NO4/c1-15-10-11-19(16(2)13-15)26-12-6-9-20(23)22-18(21(24)25)14-17-7-4-3-5-8-17/h3-5,7-8,10-11,13,18H,6,9,12,14H2,1-2H3,(H,22,23)(H,24,25). The quantitative estimate of drug-likeness (QED) is 0.677. The van der Waals surface area contributed by atoms with Crippen molar-refractivity contribution in [3.63, 3.8) is 0 Å². The fraction of sp³-hybridized carbons (Fsp3) is 0.333. The highest BCUT2D eigenvalue weighted by molar-refractivity contribution is 5.83. The van der Waals surface area contributed by atoms with Crippen LogP contribution in [0.3, 0.4) is 0 Å². The molecule has 0 aliphatic heterocycles. The van der Waals surface area contributed by atoms with E-state index in [1.807, 2.05) is 62.4 Å². The Morgan fingerprint density at radius 3 is 2.50 bits per heavy atom. The molecule has 0 saturated carbocycles. The van der Waals surface area contributed by atoms with Crippen molar-refractivity contribution in [3.8, 4) is 5.75 Å². The van der Waals surface area contributed by atoms with Crippen molar-refractivity contribution >= 4 is 11.9 Å². The van der Waals surface area contributed by atoms with Gasteiger partial charge in [-0.25, -0.2) is 4.79 Å². The minimum Gasteiger partial charge on any atom is -0.493 e. The number of carbonyl (C=O) groups is 2. The summed E-state index contributed by atoms with van der Waals surface area (Å²) in [6, 6.07) is 14.3. The van der Waals surface area contributed by atoms with Gasteiger partial charge < -0.3 is 15.2 Å². The summed E-state index contributed by atoms with van der Waals surface area (Å²) in [5, 5.41) is 11.9. The van der Waals surface area contributed by atoms with Gasteiger partial charge in [0.2, 0.25) is 5.91 Å². The fourth-order valence-corrected chi connectivity index (χ4v) is 2.69. The predicted molar refractivity (Wildman–Crippen MR) is 100 cm³/mol. The summed E-state index contributed by atoms with van der Waals surface area (Å²) in [4.78, 5) is 23.4. The first-order valence-electron chi connectivity index (χ1n) is 8.72. The van der Waals surface area contributed by atoms with E-state index in [9.17, 15) is 14.7 Å². The van der Waals surface area contributed by atoms with E-state index in [0.717, 1.165) is 16.9 Å². The van der Waals surface area contributed by atoms with Gasteiger partial charge in [0.15, 0.2) is 0 Å². The molecule has 0 radical (unpaired) electrons. The third-order valence-electron chi connectivity index (χ3n) is 4.05. The predicted octanol–water partition coefficient (Wildman–Crippen LogP) is 3.27. The second-order valence-corrected chi connectivity index (χ2v) is 6.37. The lowest BCUT2D eigenvalue weighted by Gasteiger charge is -2.15. The van der Waals surface area contributed by atoms with Crippen molar-refractivity contribution in [2.45, 2.75) is 39.2 Å². The van der Waals surface area contributed by atoms with Crippen LogP contribution in [0.15, 0.2) is 48.5 Å². The molecule has 2 aromatic carbocycles. The lowest BCUT2D eigenvalue weighted by Crippen LogP contribution is -2.42. The molecule has 2 rings (SSSR count). The largest absolute Gasteiger partial charge is 0.493 e. The summed E-state index contributed by atoms with van der Waals surface area (Å²) in [6.07, 6.45) is 1.02. The molecule has 1 unspecified atom stereocenters. The molecule has 0 heterocycles. The normalized spacial score (nSPS) is 11.6. The number of ether oxygens (including phenoxy) is 1. The Morgan fingerprint density at radius 2 is 1.85 bits per heavy atom. The van der Waals surface area contributed by atoms with Crippen LogP contribution in [0.2, 0.25) is 0 Å². The van der Waals surface area contributed by atoms with Crippen molar-refractivity contribution in [1.29, 1.82) is 0 Å². The maximum atomic E-state index is 12.0. The second-order valence-electron chi connectivity index (χ2n) is 6.37. The van der Waals surface area contributed by atoms with Gasteiger partial charge in [-0.15, -0.1) is 0 Å². The Balaban J connectivity index is 1.76. The SMILES string of the molecule is Cc1ccc(OCCCC(=O)NC(Cc2ccccc2)C(=O)O)c(C)c1. The molecule has 0 bridgehead atoms.